The van der Waals surface area contributed by atoms with Crippen LogP contribution in [0.25, 0.3) is 0 Å². The van der Waals surface area contributed by atoms with Crippen LogP contribution in [0.2, 0.25) is 0 Å². The summed E-state index contributed by atoms with van der Waals surface area (Å²) in [5.74, 6) is 0. The molecular weight excluding hydrogens is 200 g/mol. The maximum atomic E-state index is 10.7. The maximum absolute atomic E-state index is 10.7. The number of fused-ring (bicyclic) bond motifs is 1. The Morgan fingerprint density at radius 2 is 2.50 bits per heavy atom. The SMILES string of the molecule is N#Cc1csc2c1CCN(C(=O)O)C2. The summed E-state index contributed by atoms with van der Waals surface area (Å²) < 4.78 is 0. The molecule has 1 N–H and O–H groups in total. The molecule has 2 heterocycles. The first-order chi connectivity index (χ1) is 6.72. The van der Waals surface area contributed by atoms with Gasteiger partial charge in [0.1, 0.15) is 6.07 Å². The lowest BCUT2D eigenvalue weighted by atomic mass is 10.0. The van der Waals surface area contributed by atoms with E-state index in [4.69, 9.17) is 10.4 Å². The summed E-state index contributed by atoms with van der Waals surface area (Å²) in [6.07, 6.45) is -0.226. The molecule has 14 heavy (non-hydrogen) atoms. The molecule has 0 saturated heterocycles. The van der Waals surface area contributed by atoms with Gasteiger partial charge in [-0.1, -0.05) is 0 Å². The van der Waals surface area contributed by atoms with Gasteiger partial charge in [-0.05, 0) is 12.0 Å². The molecule has 0 saturated carbocycles. The van der Waals surface area contributed by atoms with Crippen molar-refractivity contribution in [3.8, 4) is 6.07 Å². The van der Waals surface area contributed by atoms with Crippen LogP contribution in [0.15, 0.2) is 5.38 Å². The molecule has 4 nitrogen and oxygen atoms in total. The van der Waals surface area contributed by atoms with Crippen LogP contribution in [0.1, 0.15) is 16.0 Å². The van der Waals surface area contributed by atoms with Gasteiger partial charge in [0.2, 0.25) is 0 Å². The van der Waals surface area contributed by atoms with E-state index in [0.29, 0.717) is 25.1 Å². The van der Waals surface area contributed by atoms with Gasteiger partial charge >= 0.3 is 6.09 Å². The van der Waals surface area contributed by atoms with Crippen molar-refractivity contribution in [2.75, 3.05) is 6.54 Å². The highest BCUT2D eigenvalue weighted by molar-refractivity contribution is 7.10. The van der Waals surface area contributed by atoms with Gasteiger partial charge in [-0.25, -0.2) is 4.79 Å². The predicted molar refractivity (Wildman–Crippen MR) is 51.2 cm³/mol. The number of carbonyl (C=O) groups is 1. The first-order valence-corrected chi connectivity index (χ1v) is 5.07. The fourth-order valence-corrected chi connectivity index (χ4v) is 2.63. The Hall–Kier alpha value is -1.54. The van der Waals surface area contributed by atoms with Crippen LogP contribution in [0.3, 0.4) is 0 Å². The highest BCUT2D eigenvalue weighted by Crippen LogP contribution is 2.27. The first kappa shape index (κ1) is 9.03. The number of amides is 1. The number of nitriles is 1. The smallest absolute Gasteiger partial charge is 0.407 e. The van der Waals surface area contributed by atoms with E-state index < -0.39 is 6.09 Å². The Bertz CT molecular complexity index is 419. The van der Waals surface area contributed by atoms with E-state index in [0.717, 1.165) is 10.4 Å². The van der Waals surface area contributed by atoms with E-state index in [1.54, 1.807) is 5.38 Å². The van der Waals surface area contributed by atoms with Crippen molar-refractivity contribution in [2.24, 2.45) is 0 Å². The minimum atomic E-state index is -0.887. The Labute approximate surface area is 85.0 Å². The summed E-state index contributed by atoms with van der Waals surface area (Å²) >= 11 is 1.47. The van der Waals surface area contributed by atoms with Crippen LogP contribution in [0.4, 0.5) is 4.79 Å². The summed E-state index contributed by atoms with van der Waals surface area (Å²) in [7, 11) is 0. The van der Waals surface area contributed by atoms with Crippen molar-refractivity contribution in [3.63, 3.8) is 0 Å². The van der Waals surface area contributed by atoms with E-state index in [1.807, 2.05) is 0 Å². The summed E-state index contributed by atoms with van der Waals surface area (Å²) in [6.45, 7) is 0.921. The minimum absolute atomic E-state index is 0.428. The molecule has 2 rings (SSSR count). The molecule has 1 aliphatic heterocycles. The molecule has 1 aromatic rings. The third kappa shape index (κ3) is 1.34. The van der Waals surface area contributed by atoms with Crippen LogP contribution >= 0.6 is 11.3 Å². The fraction of sp³-hybridized carbons (Fsp3) is 0.333. The Morgan fingerprint density at radius 3 is 3.14 bits per heavy atom. The minimum Gasteiger partial charge on any atom is -0.465 e. The Kier molecular flexibility index (Phi) is 2.14. The third-order valence-electron chi connectivity index (χ3n) is 2.34. The maximum Gasteiger partial charge on any atom is 0.407 e. The molecule has 0 unspecified atom stereocenters. The van der Waals surface area contributed by atoms with Gasteiger partial charge in [0.15, 0.2) is 0 Å². The van der Waals surface area contributed by atoms with E-state index in [-0.39, 0.29) is 0 Å². The van der Waals surface area contributed by atoms with E-state index in [2.05, 4.69) is 6.07 Å². The van der Waals surface area contributed by atoms with Crippen LogP contribution in [-0.2, 0) is 13.0 Å². The number of hydrogen-bond acceptors (Lipinski definition) is 3. The first-order valence-electron chi connectivity index (χ1n) is 4.19. The van der Waals surface area contributed by atoms with Gasteiger partial charge < -0.3 is 10.0 Å². The van der Waals surface area contributed by atoms with Gasteiger partial charge in [-0.3, -0.25) is 0 Å². The van der Waals surface area contributed by atoms with Crippen LogP contribution in [-0.4, -0.2) is 22.6 Å². The average molecular weight is 208 g/mol. The number of carboxylic acid groups (broad SMARTS) is 1. The van der Waals surface area contributed by atoms with Gasteiger partial charge in [-0.15, -0.1) is 11.3 Å². The molecular formula is C9H8N2O2S. The molecule has 0 aliphatic carbocycles. The molecule has 0 radical (unpaired) electrons. The normalized spacial score (nSPS) is 14.6. The quantitative estimate of drug-likeness (QED) is 0.705. The van der Waals surface area contributed by atoms with Crippen molar-refractivity contribution in [3.05, 3.63) is 21.4 Å². The largest absolute Gasteiger partial charge is 0.465 e. The zero-order valence-electron chi connectivity index (χ0n) is 7.36. The third-order valence-corrected chi connectivity index (χ3v) is 3.35. The number of thiophene rings is 1. The highest BCUT2D eigenvalue weighted by Gasteiger charge is 2.23. The van der Waals surface area contributed by atoms with Gasteiger partial charge in [0.25, 0.3) is 0 Å². The molecule has 5 heteroatoms. The molecule has 0 aromatic carbocycles. The summed E-state index contributed by atoms with van der Waals surface area (Å²) in [5.41, 5.74) is 1.74. The van der Waals surface area contributed by atoms with Gasteiger partial charge in [0, 0.05) is 16.8 Å². The highest BCUT2D eigenvalue weighted by atomic mass is 32.1. The second kappa shape index (κ2) is 3.31. The molecule has 72 valence electrons. The van der Waals surface area contributed by atoms with Crippen LogP contribution in [0.5, 0.6) is 0 Å². The standard InChI is InChI=1S/C9H8N2O2S/c10-3-6-5-14-8-4-11(9(12)13)2-1-7(6)8/h5H,1-2,4H2,(H,12,13). The van der Waals surface area contributed by atoms with Crippen molar-refractivity contribution in [2.45, 2.75) is 13.0 Å². The van der Waals surface area contributed by atoms with Crippen LogP contribution in [0, 0.1) is 11.3 Å². The summed E-state index contributed by atoms with van der Waals surface area (Å²) in [6, 6.07) is 2.12. The van der Waals surface area contributed by atoms with Crippen molar-refractivity contribution < 1.29 is 9.90 Å². The number of rotatable bonds is 0. The molecule has 0 atom stereocenters. The topological polar surface area (TPSA) is 64.3 Å². The van der Waals surface area contributed by atoms with Gasteiger partial charge in [0.05, 0.1) is 12.1 Å². The van der Waals surface area contributed by atoms with Crippen molar-refractivity contribution in [1.82, 2.24) is 4.90 Å². The van der Waals surface area contributed by atoms with Crippen LogP contribution < -0.4 is 0 Å². The lowest BCUT2D eigenvalue weighted by molar-refractivity contribution is 0.140. The molecule has 0 spiro atoms. The Balaban J connectivity index is 2.29. The van der Waals surface area contributed by atoms with Crippen molar-refractivity contribution >= 4 is 17.4 Å². The van der Waals surface area contributed by atoms with Gasteiger partial charge in [-0.2, -0.15) is 5.26 Å². The van der Waals surface area contributed by atoms with E-state index >= 15 is 0 Å². The molecule has 1 aliphatic rings. The zero-order valence-corrected chi connectivity index (χ0v) is 8.17. The molecule has 1 amide bonds. The summed E-state index contributed by atoms with van der Waals surface area (Å²) in [5, 5.41) is 19.4. The van der Waals surface area contributed by atoms with E-state index in [9.17, 15) is 4.79 Å². The van der Waals surface area contributed by atoms with E-state index in [1.165, 1.54) is 16.2 Å². The lowest BCUT2D eigenvalue weighted by Crippen LogP contribution is -2.34. The van der Waals surface area contributed by atoms with Crippen molar-refractivity contribution in [1.29, 1.82) is 5.26 Å². The number of nitrogens with zero attached hydrogens (tertiary/aromatic N) is 2. The summed E-state index contributed by atoms with van der Waals surface area (Å²) in [4.78, 5) is 13.1. The molecule has 0 fully saturated rings. The molecule has 1 aromatic heterocycles. The lowest BCUT2D eigenvalue weighted by Gasteiger charge is -2.23. The molecule has 0 bridgehead atoms. The number of hydrogen-bond donors (Lipinski definition) is 1. The fourth-order valence-electron chi connectivity index (χ4n) is 1.59. The second-order valence-corrected chi connectivity index (χ2v) is 4.08. The second-order valence-electron chi connectivity index (χ2n) is 3.12. The predicted octanol–water partition coefficient (Wildman–Crippen LogP) is 1.66. The Morgan fingerprint density at radius 1 is 1.71 bits per heavy atom. The average Bonchev–Trinajstić information content (AvgIpc) is 2.59. The zero-order chi connectivity index (χ0) is 10.1. The monoisotopic (exact) mass is 208 g/mol.